The highest BCUT2D eigenvalue weighted by molar-refractivity contribution is 5.96. The molecule has 0 saturated heterocycles. The van der Waals surface area contributed by atoms with E-state index in [1.165, 1.54) is 89.2 Å². The molecule has 0 saturated carbocycles. The molecule has 0 heterocycles. The van der Waals surface area contributed by atoms with Gasteiger partial charge in [-0.3, -0.25) is 9.59 Å². The Balaban J connectivity index is 4.83. The van der Waals surface area contributed by atoms with Gasteiger partial charge in [-0.1, -0.05) is 105 Å². The molecule has 0 fully saturated rings. The van der Waals surface area contributed by atoms with Gasteiger partial charge in [0.25, 0.3) is 0 Å². The number of amides is 2. The molecule has 0 rings (SSSR count). The van der Waals surface area contributed by atoms with Crippen LogP contribution in [0.15, 0.2) is 12.2 Å². The van der Waals surface area contributed by atoms with Crippen molar-refractivity contribution in [2.45, 2.75) is 130 Å². The molecule has 0 radical (unpaired) electrons. The lowest BCUT2D eigenvalue weighted by Gasteiger charge is -2.23. The monoisotopic (exact) mass is 450 g/mol. The van der Waals surface area contributed by atoms with Gasteiger partial charge in [0.1, 0.15) is 0 Å². The van der Waals surface area contributed by atoms with E-state index >= 15 is 0 Å². The van der Waals surface area contributed by atoms with Gasteiger partial charge in [0.05, 0.1) is 0 Å². The summed E-state index contributed by atoms with van der Waals surface area (Å²) in [5.74, 6) is 0.00604. The Morgan fingerprint density at radius 3 is 0.906 bits per heavy atom. The summed E-state index contributed by atoms with van der Waals surface area (Å²) in [6, 6.07) is 0. The normalized spacial score (nSPS) is 11.2. The predicted octanol–water partition coefficient (Wildman–Crippen LogP) is 7.52. The van der Waals surface area contributed by atoms with Gasteiger partial charge < -0.3 is 9.80 Å². The second kappa shape index (κ2) is 22.9. The Morgan fingerprint density at radius 1 is 0.438 bits per heavy atom. The van der Waals surface area contributed by atoms with E-state index in [9.17, 15) is 9.59 Å². The highest BCUT2D eigenvalue weighted by Gasteiger charge is 2.13. The molecule has 4 heteroatoms. The Morgan fingerprint density at radius 2 is 0.688 bits per heavy atom. The Hall–Kier alpha value is -1.32. The van der Waals surface area contributed by atoms with Crippen LogP contribution < -0.4 is 0 Å². The second-order valence-electron chi connectivity index (χ2n) is 9.23. The summed E-state index contributed by atoms with van der Waals surface area (Å²) in [5, 5.41) is 0. The van der Waals surface area contributed by atoms with Crippen LogP contribution in [0.1, 0.15) is 130 Å². The number of rotatable bonds is 22. The summed E-state index contributed by atoms with van der Waals surface area (Å²) >= 11 is 0. The van der Waals surface area contributed by atoms with Gasteiger partial charge in [0.15, 0.2) is 0 Å². The van der Waals surface area contributed by atoms with Gasteiger partial charge in [-0.2, -0.15) is 0 Å². The molecular formula is C28H54N2O2. The molecule has 0 aliphatic carbocycles. The molecule has 0 aromatic carbocycles. The van der Waals surface area contributed by atoms with Crippen LogP contribution in [0.4, 0.5) is 0 Å². The molecule has 0 aliphatic heterocycles. The number of carbonyl (C=O) groups is 2. The van der Waals surface area contributed by atoms with Gasteiger partial charge >= 0.3 is 0 Å². The van der Waals surface area contributed by atoms with Gasteiger partial charge in [-0.05, 0) is 25.7 Å². The molecule has 0 aliphatic rings. The third kappa shape index (κ3) is 17.3. The van der Waals surface area contributed by atoms with E-state index in [0.717, 1.165) is 51.9 Å². The number of nitrogens with zero attached hydrogens (tertiary/aromatic N) is 2. The molecule has 0 N–H and O–H groups in total. The van der Waals surface area contributed by atoms with Crippen molar-refractivity contribution in [3.63, 3.8) is 0 Å². The Labute approximate surface area is 200 Å². The molecule has 0 aromatic rings. The van der Waals surface area contributed by atoms with Crippen molar-refractivity contribution in [1.29, 1.82) is 0 Å². The first-order valence-electron chi connectivity index (χ1n) is 13.9. The summed E-state index contributed by atoms with van der Waals surface area (Å²) < 4.78 is 0. The van der Waals surface area contributed by atoms with E-state index in [1.807, 2.05) is 9.80 Å². The maximum atomic E-state index is 12.9. The molecular weight excluding hydrogens is 396 g/mol. The number of carbonyl (C=O) groups excluding carboxylic acids is 2. The molecule has 0 bridgehead atoms. The van der Waals surface area contributed by atoms with Crippen LogP contribution in [0.25, 0.3) is 0 Å². The fourth-order valence-corrected chi connectivity index (χ4v) is 3.94. The van der Waals surface area contributed by atoms with E-state index in [2.05, 4.69) is 27.7 Å². The van der Waals surface area contributed by atoms with Crippen LogP contribution in [0.3, 0.4) is 0 Å². The van der Waals surface area contributed by atoms with E-state index in [0.29, 0.717) is 0 Å². The topological polar surface area (TPSA) is 40.6 Å². The highest BCUT2D eigenvalue weighted by atomic mass is 16.2. The van der Waals surface area contributed by atoms with Crippen molar-refractivity contribution in [2.75, 3.05) is 26.2 Å². The third-order valence-electron chi connectivity index (χ3n) is 6.12. The summed E-state index contributed by atoms with van der Waals surface area (Å²) in [5.41, 5.74) is 0. The fraction of sp³-hybridized carbons (Fsp3) is 0.857. The molecule has 0 unspecified atom stereocenters. The van der Waals surface area contributed by atoms with Crippen LogP contribution in [-0.4, -0.2) is 47.8 Å². The lowest BCUT2D eigenvalue weighted by atomic mass is 10.1. The maximum absolute atomic E-state index is 12.9. The quantitative estimate of drug-likeness (QED) is 0.126. The van der Waals surface area contributed by atoms with E-state index in [1.54, 1.807) is 0 Å². The smallest absolute Gasteiger partial charge is 0.246 e. The Kier molecular flexibility index (Phi) is 21.9. The first-order valence-corrected chi connectivity index (χ1v) is 13.9. The average Bonchev–Trinajstić information content (AvgIpc) is 2.80. The molecule has 0 spiro atoms. The van der Waals surface area contributed by atoms with Crippen LogP contribution >= 0.6 is 0 Å². The molecule has 4 nitrogen and oxygen atoms in total. The molecule has 2 amide bonds. The van der Waals surface area contributed by atoms with Crippen LogP contribution in [-0.2, 0) is 9.59 Å². The van der Waals surface area contributed by atoms with Crippen molar-refractivity contribution < 1.29 is 9.59 Å². The van der Waals surface area contributed by atoms with Gasteiger partial charge in [-0.25, -0.2) is 0 Å². The van der Waals surface area contributed by atoms with E-state index < -0.39 is 0 Å². The standard InChI is InChI=1S/C28H54N2O2/c1-5-9-13-17-23-29(24-18-14-10-6-2)27(31)21-22-28(32)30(25-19-15-11-7-3)26-20-16-12-8-4/h21-22H,5-20,23-26H2,1-4H3/b22-21+. The second-order valence-corrected chi connectivity index (χ2v) is 9.23. The summed E-state index contributed by atoms with van der Waals surface area (Å²) in [6.07, 6.45) is 21.6. The highest BCUT2D eigenvalue weighted by Crippen LogP contribution is 2.08. The zero-order valence-electron chi connectivity index (χ0n) is 22.0. The summed E-state index contributed by atoms with van der Waals surface area (Å²) in [6.45, 7) is 12.1. The average molecular weight is 451 g/mol. The van der Waals surface area contributed by atoms with Crippen molar-refractivity contribution in [2.24, 2.45) is 0 Å². The Bertz CT molecular complexity index is 410. The van der Waals surface area contributed by atoms with E-state index in [4.69, 9.17) is 0 Å². The first-order chi connectivity index (χ1) is 15.6. The minimum atomic E-state index is 0.00302. The fourth-order valence-electron chi connectivity index (χ4n) is 3.94. The van der Waals surface area contributed by atoms with Gasteiger partial charge in [0.2, 0.25) is 11.8 Å². The van der Waals surface area contributed by atoms with Crippen molar-refractivity contribution >= 4 is 11.8 Å². The van der Waals surface area contributed by atoms with Crippen molar-refractivity contribution in [3.05, 3.63) is 12.2 Å². The first kappa shape index (κ1) is 30.7. The van der Waals surface area contributed by atoms with Gasteiger partial charge in [-0.15, -0.1) is 0 Å². The number of hydrogen-bond acceptors (Lipinski definition) is 2. The predicted molar refractivity (Wildman–Crippen MR) is 139 cm³/mol. The summed E-state index contributed by atoms with van der Waals surface area (Å²) in [4.78, 5) is 29.6. The molecule has 0 aromatic heterocycles. The largest absolute Gasteiger partial charge is 0.339 e. The number of unbranched alkanes of at least 4 members (excludes halogenated alkanes) is 12. The van der Waals surface area contributed by atoms with Gasteiger partial charge in [0, 0.05) is 38.3 Å². The minimum Gasteiger partial charge on any atom is -0.339 e. The zero-order valence-corrected chi connectivity index (χ0v) is 22.0. The van der Waals surface area contributed by atoms with E-state index in [-0.39, 0.29) is 11.8 Å². The van der Waals surface area contributed by atoms with Crippen LogP contribution in [0, 0.1) is 0 Å². The SMILES string of the molecule is CCCCCCN(CCCCCC)C(=O)/C=C/C(=O)N(CCCCCC)CCCCCC. The summed E-state index contributed by atoms with van der Waals surface area (Å²) in [7, 11) is 0. The van der Waals surface area contributed by atoms with Crippen LogP contribution in [0.2, 0.25) is 0 Å². The lowest BCUT2D eigenvalue weighted by molar-refractivity contribution is -0.128. The van der Waals surface area contributed by atoms with Crippen molar-refractivity contribution in [3.8, 4) is 0 Å². The minimum absolute atomic E-state index is 0.00302. The molecule has 0 atom stereocenters. The van der Waals surface area contributed by atoms with Crippen LogP contribution in [0.5, 0.6) is 0 Å². The molecule has 188 valence electrons. The number of hydrogen-bond donors (Lipinski definition) is 0. The zero-order chi connectivity index (χ0) is 23.9. The maximum Gasteiger partial charge on any atom is 0.246 e. The molecule has 32 heavy (non-hydrogen) atoms. The lowest BCUT2D eigenvalue weighted by Crippen LogP contribution is -2.34. The third-order valence-corrected chi connectivity index (χ3v) is 6.12. The van der Waals surface area contributed by atoms with Crippen molar-refractivity contribution in [1.82, 2.24) is 9.80 Å².